The van der Waals surface area contributed by atoms with Crippen LogP contribution in [0.25, 0.3) is 20.6 Å². The van der Waals surface area contributed by atoms with Gasteiger partial charge in [-0.05, 0) is 22.9 Å². The molecule has 0 bridgehead atoms. The van der Waals surface area contributed by atoms with Gasteiger partial charge in [-0.3, -0.25) is 0 Å². The summed E-state index contributed by atoms with van der Waals surface area (Å²) < 4.78 is 8.13. The van der Waals surface area contributed by atoms with Crippen molar-refractivity contribution >= 4 is 43.2 Å². The average Bonchev–Trinajstić information content (AvgIpc) is 2.52. The zero-order valence-corrected chi connectivity index (χ0v) is 7.17. The van der Waals surface area contributed by atoms with Gasteiger partial charge < -0.3 is 4.42 Å². The smallest absolute Gasteiger partial charge is 0.147 e. The number of thiophene rings is 2. The number of hydrogen-bond donors (Lipinski definition) is 0. The van der Waals surface area contributed by atoms with Crippen LogP contribution in [0.2, 0.25) is 0 Å². The molecular weight excluding hydrogens is 176 g/mol. The molecule has 0 unspecified atom stereocenters. The molecule has 0 fully saturated rings. The summed E-state index contributed by atoms with van der Waals surface area (Å²) in [5, 5.41) is 4.13. The standard InChI is InChI=1S/C8H4OS2/c1-3-10-7-5(1)9-6-2-4-11-8(6)7/h1-4H. The van der Waals surface area contributed by atoms with E-state index in [9.17, 15) is 0 Å². The zero-order valence-electron chi connectivity index (χ0n) is 5.53. The molecule has 0 aliphatic rings. The van der Waals surface area contributed by atoms with Crippen molar-refractivity contribution in [2.75, 3.05) is 0 Å². The van der Waals surface area contributed by atoms with Crippen molar-refractivity contribution in [3.63, 3.8) is 0 Å². The van der Waals surface area contributed by atoms with E-state index in [1.807, 2.05) is 12.1 Å². The molecule has 0 amide bonds. The topological polar surface area (TPSA) is 13.1 Å². The van der Waals surface area contributed by atoms with Crippen LogP contribution in [0.4, 0.5) is 0 Å². The van der Waals surface area contributed by atoms with E-state index in [1.165, 1.54) is 9.40 Å². The van der Waals surface area contributed by atoms with Crippen molar-refractivity contribution < 1.29 is 4.42 Å². The van der Waals surface area contributed by atoms with Crippen LogP contribution >= 0.6 is 22.7 Å². The Labute approximate surface area is 70.9 Å². The summed E-state index contributed by atoms with van der Waals surface area (Å²) in [6.45, 7) is 0. The molecule has 0 radical (unpaired) electrons. The number of furan rings is 1. The lowest BCUT2D eigenvalue weighted by Crippen LogP contribution is -1.41. The Hall–Kier alpha value is -0.800. The van der Waals surface area contributed by atoms with Gasteiger partial charge in [0.15, 0.2) is 0 Å². The summed E-state index contributed by atoms with van der Waals surface area (Å²) in [7, 11) is 0. The van der Waals surface area contributed by atoms with Crippen molar-refractivity contribution in [2.45, 2.75) is 0 Å². The van der Waals surface area contributed by atoms with Gasteiger partial charge in [-0.1, -0.05) is 0 Å². The molecule has 3 aromatic heterocycles. The Balaban J connectivity index is 2.75. The zero-order chi connectivity index (χ0) is 7.26. The SMILES string of the molecule is c1cc2oc3ccsc3c2s1. The Morgan fingerprint density at radius 1 is 0.909 bits per heavy atom. The molecule has 1 nitrogen and oxygen atoms in total. The number of rotatable bonds is 0. The third-order valence-corrected chi connectivity index (χ3v) is 3.64. The second-order valence-corrected chi connectivity index (χ2v) is 4.16. The van der Waals surface area contributed by atoms with E-state index < -0.39 is 0 Å². The van der Waals surface area contributed by atoms with Gasteiger partial charge in [-0.25, -0.2) is 0 Å². The molecule has 54 valence electrons. The summed E-state index contributed by atoms with van der Waals surface area (Å²) >= 11 is 3.49. The molecule has 3 rings (SSSR count). The second-order valence-electron chi connectivity index (χ2n) is 2.33. The first kappa shape index (κ1) is 5.80. The molecule has 0 spiro atoms. The predicted octanol–water partition coefficient (Wildman–Crippen LogP) is 3.71. The third kappa shape index (κ3) is 0.645. The maximum absolute atomic E-state index is 5.55. The maximum Gasteiger partial charge on any atom is 0.147 e. The number of fused-ring (bicyclic) bond motifs is 3. The highest BCUT2D eigenvalue weighted by Crippen LogP contribution is 2.35. The Morgan fingerprint density at radius 3 is 2.00 bits per heavy atom. The van der Waals surface area contributed by atoms with E-state index in [2.05, 4.69) is 10.8 Å². The van der Waals surface area contributed by atoms with Gasteiger partial charge in [-0.2, -0.15) is 0 Å². The third-order valence-electron chi connectivity index (χ3n) is 1.68. The molecule has 0 aliphatic carbocycles. The molecule has 11 heavy (non-hydrogen) atoms. The van der Waals surface area contributed by atoms with E-state index >= 15 is 0 Å². The maximum atomic E-state index is 5.55. The van der Waals surface area contributed by atoms with Crippen molar-refractivity contribution in [1.82, 2.24) is 0 Å². The molecular formula is C8H4OS2. The molecule has 0 saturated heterocycles. The van der Waals surface area contributed by atoms with Crippen molar-refractivity contribution in [1.29, 1.82) is 0 Å². The predicted molar refractivity (Wildman–Crippen MR) is 49.5 cm³/mol. The summed E-state index contributed by atoms with van der Waals surface area (Å²) in [6.07, 6.45) is 0. The molecule has 3 aromatic rings. The van der Waals surface area contributed by atoms with Gasteiger partial charge in [0.05, 0.1) is 9.40 Å². The fourth-order valence-corrected chi connectivity index (χ4v) is 3.02. The van der Waals surface area contributed by atoms with E-state index in [0.717, 1.165) is 11.2 Å². The van der Waals surface area contributed by atoms with E-state index in [0.29, 0.717) is 0 Å². The van der Waals surface area contributed by atoms with Crippen LogP contribution in [0.15, 0.2) is 27.3 Å². The fraction of sp³-hybridized carbons (Fsp3) is 0. The highest BCUT2D eigenvalue weighted by Gasteiger charge is 2.07. The van der Waals surface area contributed by atoms with E-state index in [1.54, 1.807) is 22.7 Å². The lowest BCUT2D eigenvalue weighted by atomic mass is 10.5. The minimum atomic E-state index is 1.02. The largest absolute Gasteiger partial charge is 0.454 e. The Kier molecular flexibility index (Phi) is 0.985. The average molecular weight is 180 g/mol. The van der Waals surface area contributed by atoms with Crippen LogP contribution in [0, 0.1) is 0 Å². The molecule has 0 atom stereocenters. The molecule has 3 heterocycles. The van der Waals surface area contributed by atoms with Gasteiger partial charge >= 0.3 is 0 Å². The van der Waals surface area contributed by atoms with Gasteiger partial charge in [-0.15, -0.1) is 22.7 Å². The van der Waals surface area contributed by atoms with Crippen molar-refractivity contribution in [3.8, 4) is 0 Å². The van der Waals surface area contributed by atoms with Crippen LogP contribution in [0.5, 0.6) is 0 Å². The van der Waals surface area contributed by atoms with Crippen LogP contribution in [0.3, 0.4) is 0 Å². The summed E-state index contributed by atoms with van der Waals surface area (Å²) in [5.41, 5.74) is 2.05. The summed E-state index contributed by atoms with van der Waals surface area (Å²) in [4.78, 5) is 0. The highest BCUT2D eigenvalue weighted by molar-refractivity contribution is 7.25. The minimum Gasteiger partial charge on any atom is -0.454 e. The first-order valence-corrected chi connectivity index (χ1v) is 5.04. The molecule has 0 aliphatic heterocycles. The number of hydrogen-bond acceptors (Lipinski definition) is 3. The van der Waals surface area contributed by atoms with Crippen molar-refractivity contribution in [2.24, 2.45) is 0 Å². The summed E-state index contributed by atoms with van der Waals surface area (Å²) in [6, 6.07) is 4.04. The molecule has 0 N–H and O–H groups in total. The van der Waals surface area contributed by atoms with Crippen molar-refractivity contribution in [3.05, 3.63) is 22.9 Å². The van der Waals surface area contributed by atoms with Crippen LogP contribution < -0.4 is 0 Å². The highest BCUT2D eigenvalue weighted by atomic mass is 32.1. The van der Waals surface area contributed by atoms with Gasteiger partial charge in [0.25, 0.3) is 0 Å². The van der Waals surface area contributed by atoms with Crippen LogP contribution in [0.1, 0.15) is 0 Å². The lowest BCUT2D eigenvalue weighted by Gasteiger charge is -1.70. The van der Waals surface area contributed by atoms with Crippen LogP contribution in [-0.4, -0.2) is 0 Å². The quantitative estimate of drug-likeness (QED) is 0.514. The fourth-order valence-electron chi connectivity index (χ4n) is 1.21. The first-order chi connectivity index (χ1) is 5.45. The monoisotopic (exact) mass is 180 g/mol. The van der Waals surface area contributed by atoms with E-state index in [4.69, 9.17) is 4.42 Å². The summed E-state index contributed by atoms with van der Waals surface area (Å²) in [5.74, 6) is 0. The van der Waals surface area contributed by atoms with Gasteiger partial charge in [0, 0.05) is 0 Å². The lowest BCUT2D eigenvalue weighted by molar-refractivity contribution is 0.670. The Bertz CT molecular complexity index is 455. The molecule has 0 aromatic carbocycles. The minimum absolute atomic E-state index is 1.02. The Morgan fingerprint density at radius 2 is 1.45 bits per heavy atom. The second kappa shape index (κ2) is 1.87. The van der Waals surface area contributed by atoms with Gasteiger partial charge in [0.1, 0.15) is 11.2 Å². The van der Waals surface area contributed by atoms with Gasteiger partial charge in [0.2, 0.25) is 0 Å². The molecule has 0 saturated carbocycles. The first-order valence-electron chi connectivity index (χ1n) is 3.28. The normalized spacial score (nSPS) is 11.6. The van der Waals surface area contributed by atoms with Crippen LogP contribution in [-0.2, 0) is 0 Å². The molecule has 3 heteroatoms. The van der Waals surface area contributed by atoms with E-state index in [-0.39, 0.29) is 0 Å².